The molecule has 0 saturated heterocycles. The van der Waals surface area contributed by atoms with Crippen LogP contribution in [0.4, 0.5) is 4.39 Å². The molecule has 0 aromatic heterocycles. The molecule has 1 aliphatic carbocycles. The van der Waals surface area contributed by atoms with E-state index in [0.29, 0.717) is 12.2 Å². The summed E-state index contributed by atoms with van der Waals surface area (Å²) in [5, 5.41) is 8.96. The predicted octanol–water partition coefficient (Wildman–Crippen LogP) is 3.23. The number of rotatable bonds is 6. The lowest BCUT2D eigenvalue weighted by atomic mass is 9.83. The zero-order valence-electron chi connectivity index (χ0n) is 10.2. The van der Waals surface area contributed by atoms with Gasteiger partial charge in [0, 0.05) is 6.61 Å². The summed E-state index contributed by atoms with van der Waals surface area (Å²) in [6, 6.07) is 3.77. The van der Waals surface area contributed by atoms with E-state index in [2.05, 4.69) is 0 Å². The standard InChI is InChI=1S/C14H17FO3/c15-12-5-4-11(13(8-12)14(16)17)9-18-7-6-10-2-1-3-10/h4-5,8,10H,1-3,6-7,9H2,(H,16,17). The summed E-state index contributed by atoms with van der Waals surface area (Å²) < 4.78 is 18.4. The van der Waals surface area contributed by atoms with Gasteiger partial charge in [0.05, 0.1) is 12.2 Å². The van der Waals surface area contributed by atoms with Crippen LogP contribution < -0.4 is 0 Å². The molecule has 0 spiro atoms. The van der Waals surface area contributed by atoms with Crippen molar-refractivity contribution in [2.45, 2.75) is 32.3 Å². The molecule has 1 fully saturated rings. The van der Waals surface area contributed by atoms with E-state index in [1.54, 1.807) is 0 Å². The van der Waals surface area contributed by atoms with Crippen LogP contribution >= 0.6 is 0 Å². The van der Waals surface area contributed by atoms with Gasteiger partial charge in [-0.2, -0.15) is 0 Å². The second-order valence-corrected chi connectivity index (χ2v) is 4.74. The maximum absolute atomic E-state index is 13.0. The third kappa shape index (κ3) is 3.29. The third-order valence-electron chi connectivity index (χ3n) is 3.46. The molecule has 98 valence electrons. The van der Waals surface area contributed by atoms with Crippen LogP contribution in [0.1, 0.15) is 41.6 Å². The minimum Gasteiger partial charge on any atom is -0.478 e. The van der Waals surface area contributed by atoms with Gasteiger partial charge in [0.25, 0.3) is 0 Å². The molecule has 0 unspecified atom stereocenters. The molecule has 0 heterocycles. The zero-order chi connectivity index (χ0) is 13.0. The fourth-order valence-electron chi connectivity index (χ4n) is 2.09. The van der Waals surface area contributed by atoms with E-state index in [0.717, 1.165) is 18.4 Å². The Morgan fingerprint density at radius 2 is 2.22 bits per heavy atom. The zero-order valence-corrected chi connectivity index (χ0v) is 10.2. The summed E-state index contributed by atoms with van der Waals surface area (Å²) in [7, 11) is 0. The highest BCUT2D eigenvalue weighted by molar-refractivity contribution is 5.89. The summed E-state index contributed by atoms with van der Waals surface area (Å²) in [4.78, 5) is 10.9. The first-order valence-corrected chi connectivity index (χ1v) is 6.26. The maximum atomic E-state index is 13.0. The number of halogens is 1. The molecule has 0 aliphatic heterocycles. The molecule has 2 rings (SSSR count). The lowest BCUT2D eigenvalue weighted by molar-refractivity contribution is 0.0680. The molecule has 4 heteroatoms. The van der Waals surface area contributed by atoms with Crippen molar-refractivity contribution in [1.29, 1.82) is 0 Å². The molecule has 0 amide bonds. The van der Waals surface area contributed by atoms with Crippen LogP contribution in [-0.4, -0.2) is 17.7 Å². The quantitative estimate of drug-likeness (QED) is 0.791. The van der Waals surface area contributed by atoms with E-state index in [-0.39, 0.29) is 12.2 Å². The van der Waals surface area contributed by atoms with Crippen molar-refractivity contribution in [2.75, 3.05) is 6.61 Å². The van der Waals surface area contributed by atoms with Gasteiger partial charge in [0.15, 0.2) is 0 Å². The van der Waals surface area contributed by atoms with E-state index in [9.17, 15) is 9.18 Å². The summed E-state index contributed by atoms with van der Waals surface area (Å²) in [6.45, 7) is 0.871. The van der Waals surface area contributed by atoms with Crippen molar-refractivity contribution in [2.24, 2.45) is 5.92 Å². The van der Waals surface area contributed by atoms with Crippen molar-refractivity contribution in [1.82, 2.24) is 0 Å². The SMILES string of the molecule is O=C(O)c1cc(F)ccc1COCCC1CCC1. The number of hydrogen-bond donors (Lipinski definition) is 1. The Balaban J connectivity index is 1.85. The Labute approximate surface area is 106 Å². The molecule has 1 N–H and O–H groups in total. The smallest absolute Gasteiger partial charge is 0.336 e. The normalized spacial score (nSPS) is 15.4. The van der Waals surface area contributed by atoms with Gasteiger partial charge in [0.1, 0.15) is 5.82 Å². The van der Waals surface area contributed by atoms with Crippen molar-refractivity contribution >= 4 is 5.97 Å². The van der Waals surface area contributed by atoms with Crippen LogP contribution in [0.25, 0.3) is 0 Å². The highest BCUT2D eigenvalue weighted by atomic mass is 19.1. The minimum absolute atomic E-state index is 0.0151. The van der Waals surface area contributed by atoms with E-state index in [4.69, 9.17) is 9.84 Å². The predicted molar refractivity (Wildman–Crippen MR) is 65.0 cm³/mol. The van der Waals surface area contributed by atoms with Crippen LogP contribution in [0.2, 0.25) is 0 Å². The van der Waals surface area contributed by atoms with E-state index < -0.39 is 11.8 Å². The molecular formula is C14H17FO3. The Kier molecular flexibility index (Phi) is 4.31. The molecule has 1 aromatic rings. The fourth-order valence-corrected chi connectivity index (χ4v) is 2.09. The second-order valence-electron chi connectivity index (χ2n) is 4.74. The summed E-state index contributed by atoms with van der Waals surface area (Å²) >= 11 is 0. The number of ether oxygens (including phenoxy) is 1. The molecule has 3 nitrogen and oxygen atoms in total. The molecular weight excluding hydrogens is 235 g/mol. The van der Waals surface area contributed by atoms with Crippen LogP contribution in [0.5, 0.6) is 0 Å². The van der Waals surface area contributed by atoms with Gasteiger partial charge < -0.3 is 9.84 Å². The number of benzene rings is 1. The Hall–Kier alpha value is -1.42. The first kappa shape index (κ1) is 13.0. The Bertz CT molecular complexity index is 427. The lowest BCUT2D eigenvalue weighted by Crippen LogP contribution is -2.13. The summed E-state index contributed by atoms with van der Waals surface area (Å²) in [5.41, 5.74) is 0.510. The minimum atomic E-state index is -1.12. The van der Waals surface area contributed by atoms with Gasteiger partial charge in [-0.15, -0.1) is 0 Å². The maximum Gasteiger partial charge on any atom is 0.336 e. The monoisotopic (exact) mass is 252 g/mol. The largest absolute Gasteiger partial charge is 0.478 e. The third-order valence-corrected chi connectivity index (χ3v) is 3.46. The number of hydrogen-bond acceptors (Lipinski definition) is 2. The first-order valence-electron chi connectivity index (χ1n) is 6.26. The van der Waals surface area contributed by atoms with Crippen molar-refractivity contribution in [3.8, 4) is 0 Å². The highest BCUT2D eigenvalue weighted by Crippen LogP contribution is 2.29. The average Bonchev–Trinajstić information content (AvgIpc) is 2.27. The summed E-state index contributed by atoms with van der Waals surface area (Å²) in [6.07, 6.45) is 4.90. The number of carboxylic acids is 1. The number of carboxylic acid groups (broad SMARTS) is 1. The lowest BCUT2D eigenvalue weighted by Gasteiger charge is -2.24. The Morgan fingerprint density at radius 3 is 2.83 bits per heavy atom. The molecule has 0 atom stereocenters. The van der Waals surface area contributed by atoms with Crippen molar-refractivity contribution in [3.63, 3.8) is 0 Å². The molecule has 1 aromatic carbocycles. The number of carbonyl (C=O) groups is 1. The van der Waals surface area contributed by atoms with E-state index in [1.807, 2.05) is 0 Å². The van der Waals surface area contributed by atoms with Crippen molar-refractivity contribution in [3.05, 3.63) is 35.1 Å². The van der Waals surface area contributed by atoms with Crippen LogP contribution in [0, 0.1) is 11.7 Å². The van der Waals surface area contributed by atoms with E-state index in [1.165, 1.54) is 31.4 Å². The van der Waals surface area contributed by atoms with Crippen LogP contribution in [-0.2, 0) is 11.3 Å². The van der Waals surface area contributed by atoms with Gasteiger partial charge in [-0.1, -0.05) is 25.3 Å². The van der Waals surface area contributed by atoms with Gasteiger partial charge in [0.2, 0.25) is 0 Å². The van der Waals surface area contributed by atoms with Gasteiger partial charge in [-0.05, 0) is 30.0 Å². The molecule has 18 heavy (non-hydrogen) atoms. The highest BCUT2D eigenvalue weighted by Gasteiger charge is 2.17. The van der Waals surface area contributed by atoms with E-state index >= 15 is 0 Å². The van der Waals surface area contributed by atoms with Crippen molar-refractivity contribution < 1.29 is 19.0 Å². The average molecular weight is 252 g/mol. The molecule has 0 bridgehead atoms. The van der Waals surface area contributed by atoms with Gasteiger partial charge in [-0.25, -0.2) is 9.18 Å². The first-order chi connectivity index (χ1) is 8.66. The van der Waals surface area contributed by atoms with Crippen LogP contribution in [0.3, 0.4) is 0 Å². The Morgan fingerprint density at radius 1 is 1.44 bits per heavy atom. The topological polar surface area (TPSA) is 46.5 Å². The molecule has 1 aliphatic rings. The second kappa shape index (κ2) is 5.96. The van der Waals surface area contributed by atoms with Gasteiger partial charge in [-0.3, -0.25) is 0 Å². The van der Waals surface area contributed by atoms with Gasteiger partial charge >= 0.3 is 5.97 Å². The molecule has 0 radical (unpaired) electrons. The fraction of sp³-hybridized carbons (Fsp3) is 0.500. The molecule has 1 saturated carbocycles. The van der Waals surface area contributed by atoms with Crippen LogP contribution in [0.15, 0.2) is 18.2 Å². The number of aromatic carboxylic acids is 1. The summed E-state index contributed by atoms with van der Waals surface area (Å²) in [5.74, 6) is -0.880.